The van der Waals surface area contributed by atoms with Crippen molar-refractivity contribution >= 4 is 22.2 Å². The summed E-state index contributed by atoms with van der Waals surface area (Å²) in [5.41, 5.74) is 0.889. The molecule has 3 aromatic rings. The van der Waals surface area contributed by atoms with Gasteiger partial charge in [-0.3, -0.25) is 14.0 Å². The number of ether oxygens (including phenoxy) is 1. The number of aromatic nitrogens is 2. The number of thiazole rings is 1. The molecule has 1 aliphatic rings. The summed E-state index contributed by atoms with van der Waals surface area (Å²) in [6.07, 6.45) is 4.95. The summed E-state index contributed by atoms with van der Waals surface area (Å²) in [5.74, 6) is 0.569. The average molecular weight is 383 g/mol. The molecule has 7 heteroatoms. The number of rotatable bonds is 4. The van der Waals surface area contributed by atoms with Crippen molar-refractivity contribution in [1.82, 2.24) is 14.3 Å². The van der Waals surface area contributed by atoms with Crippen LogP contribution in [0.15, 0.2) is 41.5 Å². The molecule has 0 saturated carbocycles. The van der Waals surface area contributed by atoms with Crippen molar-refractivity contribution in [2.75, 3.05) is 13.2 Å². The SMILES string of the molecule is CCOc1ccc(C2CCCN2C(=O)c2cnc3sc(C)cn3c2=O)cc1. The predicted octanol–water partition coefficient (Wildman–Crippen LogP) is 3.44. The van der Waals surface area contributed by atoms with Gasteiger partial charge in [0, 0.05) is 23.8 Å². The van der Waals surface area contributed by atoms with E-state index in [1.165, 1.54) is 21.9 Å². The number of benzene rings is 1. The quantitative estimate of drug-likeness (QED) is 0.692. The maximum absolute atomic E-state index is 13.1. The summed E-state index contributed by atoms with van der Waals surface area (Å²) in [5, 5.41) is 0. The van der Waals surface area contributed by atoms with Crippen LogP contribution < -0.4 is 10.3 Å². The Labute approximate surface area is 161 Å². The lowest BCUT2D eigenvalue weighted by atomic mass is 10.0. The zero-order chi connectivity index (χ0) is 19.0. The molecule has 1 saturated heterocycles. The average Bonchev–Trinajstić information content (AvgIpc) is 3.29. The van der Waals surface area contributed by atoms with Crippen molar-refractivity contribution in [2.45, 2.75) is 32.7 Å². The molecule has 1 atom stereocenters. The first-order valence-electron chi connectivity index (χ1n) is 9.10. The molecule has 27 heavy (non-hydrogen) atoms. The summed E-state index contributed by atoms with van der Waals surface area (Å²) >= 11 is 1.44. The van der Waals surface area contributed by atoms with Crippen molar-refractivity contribution in [3.63, 3.8) is 0 Å². The van der Waals surface area contributed by atoms with Crippen molar-refractivity contribution < 1.29 is 9.53 Å². The number of nitrogens with zero attached hydrogens (tertiary/aromatic N) is 3. The zero-order valence-corrected chi connectivity index (χ0v) is 16.2. The lowest BCUT2D eigenvalue weighted by Gasteiger charge is -2.25. The van der Waals surface area contributed by atoms with Crippen LogP contribution in [0.3, 0.4) is 0 Å². The lowest BCUT2D eigenvalue weighted by molar-refractivity contribution is 0.0733. The fourth-order valence-corrected chi connectivity index (χ4v) is 4.39. The first kappa shape index (κ1) is 17.7. The minimum absolute atomic E-state index is 0.0301. The molecule has 1 amide bonds. The first-order chi connectivity index (χ1) is 13.1. The third-order valence-corrected chi connectivity index (χ3v) is 5.75. The molecule has 0 radical (unpaired) electrons. The molecule has 0 bridgehead atoms. The molecular formula is C20H21N3O3S. The maximum Gasteiger partial charge on any atom is 0.271 e. The number of likely N-dealkylation sites (tertiary alicyclic amines) is 1. The summed E-state index contributed by atoms with van der Waals surface area (Å²) in [6.45, 7) is 5.13. The molecule has 3 heterocycles. The van der Waals surface area contributed by atoms with Gasteiger partial charge < -0.3 is 9.64 Å². The van der Waals surface area contributed by atoms with E-state index in [1.807, 2.05) is 38.1 Å². The van der Waals surface area contributed by atoms with Gasteiger partial charge in [0.1, 0.15) is 11.3 Å². The smallest absolute Gasteiger partial charge is 0.271 e. The first-order valence-corrected chi connectivity index (χ1v) is 9.91. The van der Waals surface area contributed by atoms with E-state index in [-0.39, 0.29) is 23.1 Å². The zero-order valence-electron chi connectivity index (χ0n) is 15.3. The Morgan fingerprint density at radius 3 is 2.85 bits per heavy atom. The van der Waals surface area contributed by atoms with E-state index < -0.39 is 0 Å². The molecule has 6 nitrogen and oxygen atoms in total. The number of hydrogen-bond donors (Lipinski definition) is 0. The second-order valence-corrected chi connectivity index (χ2v) is 7.84. The minimum Gasteiger partial charge on any atom is -0.494 e. The molecule has 1 aliphatic heterocycles. The van der Waals surface area contributed by atoms with E-state index in [0.29, 0.717) is 18.1 Å². The third-order valence-electron chi connectivity index (χ3n) is 4.84. The van der Waals surface area contributed by atoms with Crippen molar-refractivity contribution in [2.24, 2.45) is 0 Å². The van der Waals surface area contributed by atoms with Gasteiger partial charge in [0.05, 0.1) is 12.6 Å². The molecule has 1 unspecified atom stereocenters. The van der Waals surface area contributed by atoms with E-state index in [9.17, 15) is 9.59 Å². The van der Waals surface area contributed by atoms with Gasteiger partial charge in [-0.25, -0.2) is 4.98 Å². The fourth-order valence-electron chi connectivity index (χ4n) is 3.61. The lowest BCUT2D eigenvalue weighted by Crippen LogP contribution is -2.35. The van der Waals surface area contributed by atoms with E-state index >= 15 is 0 Å². The summed E-state index contributed by atoms with van der Waals surface area (Å²) < 4.78 is 6.96. The summed E-state index contributed by atoms with van der Waals surface area (Å²) in [6, 6.07) is 7.82. The van der Waals surface area contributed by atoms with Crippen LogP contribution >= 0.6 is 11.3 Å². The van der Waals surface area contributed by atoms with Gasteiger partial charge in [0.2, 0.25) is 0 Å². The fraction of sp³-hybridized carbons (Fsp3) is 0.350. The Balaban J connectivity index is 1.64. The molecular weight excluding hydrogens is 362 g/mol. The number of hydrogen-bond acceptors (Lipinski definition) is 5. The normalized spacial score (nSPS) is 16.8. The highest BCUT2D eigenvalue weighted by atomic mass is 32.1. The number of carbonyl (C=O) groups is 1. The molecule has 4 rings (SSSR count). The Kier molecular flexibility index (Phi) is 4.70. The summed E-state index contributed by atoms with van der Waals surface area (Å²) in [7, 11) is 0. The summed E-state index contributed by atoms with van der Waals surface area (Å²) in [4.78, 5) is 33.6. The number of aryl methyl sites for hydroxylation is 1. The standard InChI is InChI=1S/C20H21N3O3S/c1-3-26-15-8-6-14(7-9-15)17-5-4-10-22(17)18(24)16-11-21-20-23(19(16)25)12-13(2)27-20/h6-9,11-12,17H,3-5,10H2,1-2H3. The molecule has 0 spiro atoms. The van der Waals surface area contributed by atoms with E-state index in [2.05, 4.69) is 4.98 Å². The van der Waals surface area contributed by atoms with E-state index in [1.54, 1.807) is 11.1 Å². The van der Waals surface area contributed by atoms with Gasteiger partial charge in [-0.05, 0) is 44.4 Å². The highest BCUT2D eigenvalue weighted by Gasteiger charge is 2.32. The number of amides is 1. The van der Waals surface area contributed by atoms with Crippen LogP contribution in [-0.2, 0) is 0 Å². The monoisotopic (exact) mass is 383 g/mol. The Morgan fingerprint density at radius 2 is 2.11 bits per heavy atom. The van der Waals surface area contributed by atoms with Crippen LogP contribution in [0.25, 0.3) is 4.96 Å². The molecule has 1 fully saturated rings. The van der Waals surface area contributed by atoms with Gasteiger partial charge >= 0.3 is 0 Å². The highest BCUT2D eigenvalue weighted by Crippen LogP contribution is 2.33. The van der Waals surface area contributed by atoms with Crippen LogP contribution in [0.2, 0.25) is 0 Å². The van der Waals surface area contributed by atoms with Gasteiger partial charge in [-0.1, -0.05) is 12.1 Å². The Bertz CT molecular complexity index is 1040. The van der Waals surface area contributed by atoms with Gasteiger partial charge in [-0.2, -0.15) is 0 Å². The van der Waals surface area contributed by atoms with Crippen LogP contribution in [0.4, 0.5) is 0 Å². The van der Waals surface area contributed by atoms with Gasteiger partial charge in [0.25, 0.3) is 11.5 Å². The van der Waals surface area contributed by atoms with Crippen LogP contribution in [0, 0.1) is 6.92 Å². The topological polar surface area (TPSA) is 63.9 Å². The molecule has 0 aliphatic carbocycles. The minimum atomic E-state index is -0.299. The van der Waals surface area contributed by atoms with Crippen molar-refractivity contribution in [3.05, 3.63) is 63.0 Å². The van der Waals surface area contributed by atoms with Crippen LogP contribution in [-0.4, -0.2) is 33.3 Å². The van der Waals surface area contributed by atoms with Gasteiger partial charge in [-0.15, -0.1) is 11.3 Å². The molecule has 2 aromatic heterocycles. The maximum atomic E-state index is 13.1. The molecule has 140 valence electrons. The number of fused-ring (bicyclic) bond motifs is 1. The van der Waals surface area contributed by atoms with Crippen LogP contribution in [0.1, 0.15) is 46.6 Å². The highest BCUT2D eigenvalue weighted by molar-refractivity contribution is 7.16. The second-order valence-electron chi connectivity index (χ2n) is 6.63. The van der Waals surface area contributed by atoms with Crippen molar-refractivity contribution in [3.8, 4) is 5.75 Å². The predicted molar refractivity (Wildman–Crippen MR) is 105 cm³/mol. The third kappa shape index (κ3) is 3.23. The van der Waals surface area contributed by atoms with E-state index in [4.69, 9.17) is 4.74 Å². The van der Waals surface area contributed by atoms with Crippen LogP contribution in [0.5, 0.6) is 5.75 Å². The Hall–Kier alpha value is -2.67. The van der Waals surface area contributed by atoms with Gasteiger partial charge in [0.15, 0.2) is 4.96 Å². The number of carbonyl (C=O) groups excluding carboxylic acids is 1. The molecule has 0 N–H and O–H groups in total. The molecule has 1 aromatic carbocycles. The van der Waals surface area contributed by atoms with E-state index in [0.717, 1.165) is 29.0 Å². The largest absolute Gasteiger partial charge is 0.494 e. The Morgan fingerprint density at radius 1 is 1.33 bits per heavy atom. The second kappa shape index (κ2) is 7.15. The van der Waals surface area contributed by atoms with Crippen molar-refractivity contribution in [1.29, 1.82) is 0 Å².